The summed E-state index contributed by atoms with van der Waals surface area (Å²) in [5.74, 6) is -0.862. The Balaban J connectivity index is 4.34. The van der Waals surface area contributed by atoms with E-state index in [1.54, 1.807) is 0 Å². The fourth-order valence-corrected chi connectivity index (χ4v) is 8.05. The maximum Gasteiger partial charge on any atom is 0.306 e. The van der Waals surface area contributed by atoms with Gasteiger partial charge >= 0.3 is 17.9 Å². The minimum Gasteiger partial charge on any atom is -0.462 e. The molecular weight excluding hydrogens is 769 g/mol. The lowest BCUT2D eigenvalue weighted by Crippen LogP contribution is -2.30. The van der Waals surface area contributed by atoms with E-state index < -0.39 is 6.10 Å². The number of carbonyl (C=O) groups is 3. The molecule has 1 atom stereocenters. The second-order valence-electron chi connectivity index (χ2n) is 18.5. The maximum absolute atomic E-state index is 12.8. The molecule has 0 aliphatic heterocycles. The number of esters is 3. The molecule has 62 heavy (non-hydrogen) atoms. The van der Waals surface area contributed by atoms with E-state index in [9.17, 15) is 14.4 Å². The predicted octanol–water partition coefficient (Wildman–Crippen LogP) is 17.9. The Kier molecular flexibility index (Phi) is 49.8. The first-order valence-corrected chi connectivity index (χ1v) is 27.3. The Hall–Kier alpha value is -2.11. The van der Waals surface area contributed by atoms with Crippen molar-refractivity contribution in [2.75, 3.05) is 13.2 Å². The van der Waals surface area contributed by atoms with Gasteiger partial charge in [-0.1, -0.05) is 257 Å². The van der Waals surface area contributed by atoms with E-state index in [2.05, 4.69) is 45.1 Å². The smallest absolute Gasteiger partial charge is 0.306 e. The van der Waals surface area contributed by atoms with Gasteiger partial charge < -0.3 is 14.2 Å². The van der Waals surface area contributed by atoms with Gasteiger partial charge in [-0.3, -0.25) is 14.4 Å². The molecule has 0 aliphatic rings. The summed E-state index contributed by atoms with van der Waals surface area (Å²) in [4.78, 5) is 38.0. The molecule has 0 aromatic rings. The minimum absolute atomic E-state index is 0.0693. The van der Waals surface area contributed by atoms with Crippen LogP contribution in [-0.2, 0) is 28.6 Å². The zero-order chi connectivity index (χ0) is 45.1. The number of rotatable bonds is 50. The number of carbonyl (C=O) groups excluding carboxylic acids is 3. The van der Waals surface area contributed by atoms with Gasteiger partial charge in [0.05, 0.1) is 0 Å². The van der Waals surface area contributed by atoms with Crippen molar-refractivity contribution in [1.29, 1.82) is 0 Å². The van der Waals surface area contributed by atoms with Crippen molar-refractivity contribution >= 4 is 17.9 Å². The van der Waals surface area contributed by atoms with Crippen molar-refractivity contribution < 1.29 is 28.6 Å². The van der Waals surface area contributed by atoms with Crippen LogP contribution in [0.15, 0.2) is 24.3 Å². The van der Waals surface area contributed by atoms with Crippen LogP contribution in [0.2, 0.25) is 0 Å². The van der Waals surface area contributed by atoms with Crippen LogP contribution in [0, 0.1) is 0 Å². The summed E-state index contributed by atoms with van der Waals surface area (Å²) in [7, 11) is 0. The van der Waals surface area contributed by atoms with Crippen molar-refractivity contribution in [3.63, 3.8) is 0 Å². The molecule has 0 heterocycles. The van der Waals surface area contributed by atoms with Gasteiger partial charge in [-0.05, 0) is 44.9 Å². The number of ether oxygens (including phenoxy) is 3. The fourth-order valence-electron chi connectivity index (χ4n) is 8.05. The third-order valence-electron chi connectivity index (χ3n) is 12.2. The zero-order valence-electron chi connectivity index (χ0n) is 41.7. The van der Waals surface area contributed by atoms with Crippen LogP contribution in [0.1, 0.15) is 297 Å². The molecule has 0 N–H and O–H groups in total. The molecule has 6 heteroatoms. The highest BCUT2D eigenvalue weighted by Crippen LogP contribution is 2.16. The number of unbranched alkanes of at least 4 members (excludes halogenated alkanes) is 35. The first-order valence-electron chi connectivity index (χ1n) is 27.3. The van der Waals surface area contributed by atoms with Gasteiger partial charge in [-0.2, -0.15) is 0 Å². The fraction of sp³-hybridized carbons (Fsp3) is 0.875. The Labute approximate surface area is 385 Å². The second kappa shape index (κ2) is 51.5. The van der Waals surface area contributed by atoms with Gasteiger partial charge in [0, 0.05) is 19.3 Å². The van der Waals surface area contributed by atoms with E-state index in [1.807, 2.05) is 0 Å². The molecular formula is C56H104O6. The van der Waals surface area contributed by atoms with E-state index in [0.717, 1.165) is 70.6 Å². The van der Waals surface area contributed by atoms with Crippen molar-refractivity contribution in [1.82, 2.24) is 0 Å². The number of hydrogen-bond donors (Lipinski definition) is 0. The molecule has 0 radical (unpaired) electrons. The van der Waals surface area contributed by atoms with Gasteiger partial charge in [0.1, 0.15) is 13.2 Å². The van der Waals surface area contributed by atoms with Gasteiger partial charge in [0.25, 0.3) is 0 Å². The molecule has 0 saturated carbocycles. The zero-order valence-corrected chi connectivity index (χ0v) is 41.7. The molecule has 0 amide bonds. The SMILES string of the molecule is CCCC/C=C\C/C=C\CCCCCCCCC(=O)OC[C@@H](COC(=O)CCCCCCCCCCCCCCC)OC(=O)CCCCCCCCCCCCCCCCCC. The minimum atomic E-state index is -0.769. The molecule has 0 aromatic carbocycles. The summed E-state index contributed by atoms with van der Waals surface area (Å²) in [6, 6.07) is 0. The predicted molar refractivity (Wildman–Crippen MR) is 266 cm³/mol. The molecule has 0 aliphatic carbocycles. The molecule has 0 fully saturated rings. The van der Waals surface area contributed by atoms with Crippen LogP contribution in [-0.4, -0.2) is 37.2 Å². The molecule has 0 spiro atoms. The summed E-state index contributed by atoms with van der Waals surface area (Å²) < 4.78 is 16.8. The number of allylic oxidation sites excluding steroid dienone is 4. The van der Waals surface area contributed by atoms with E-state index in [1.165, 1.54) is 186 Å². The van der Waals surface area contributed by atoms with Crippen molar-refractivity contribution in [3.05, 3.63) is 24.3 Å². The van der Waals surface area contributed by atoms with Crippen LogP contribution >= 0.6 is 0 Å². The highest BCUT2D eigenvalue weighted by molar-refractivity contribution is 5.71. The average Bonchev–Trinajstić information content (AvgIpc) is 3.27. The van der Waals surface area contributed by atoms with E-state index >= 15 is 0 Å². The number of hydrogen-bond acceptors (Lipinski definition) is 6. The Morgan fingerprint density at radius 1 is 0.323 bits per heavy atom. The van der Waals surface area contributed by atoms with E-state index in [0.29, 0.717) is 19.3 Å². The summed E-state index contributed by atoms with van der Waals surface area (Å²) in [5, 5.41) is 0. The summed E-state index contributed by atoms with van der Waals surface area (Å²) >= 11 is 0. The third-order valence-corrected chi connectivity index (χ3v) is 12.2. The largest absolute Gasteiger partial charge is 0.462 e. The van der Waals surface area contributed by atoms with Gasteiger partial charge in [-0.15, -0.1) is 0 Å². The molecule has 6 nitrogen and oxygen atoms in total. The lowest BCUT2D eigenvalue weighted by molar-refractivity contribution is -0.167. The Morgan fingerprint density at radius 3 is 0.935 bits per heavy atom. The van der Waals surface area contributed by atoms with Gasteiger partial charge in [0.15, 0.2) is 6.10 Å². The van der Waals surface area contributed by atoms with Gasteiger partial charge in [0.2, 0.25) is 0 Å². The molecule has 364 valence electrons. The van der Waals surface area contributed by atoms with Crippen LogP contribution < -0.4 is 0 Å². The lowest BCUT2D eigenvalue weighted by Gasteiger charge is -2.18. The normalized spacial score (nSPS) is 12.1. The van der Waals surface area contributed by atoms with E-state index in [4.69, 9.17) is 14.2 Å². The lowest BCUT2D eigenvalue weighted by atomic mass is 10.0. The highest BCUT2D eigenvalue weighted by Gasteiger charge is 2.19. The molecule has 0 bridgehead atoms. The van der Waals surface area contributed by atoms with Crippen LogP contribution in [0.4, 0.5) is 0 Å². The van der Waals surface area contributed by atoms with Crippen molar-refractivity contribution in [3.8, 4) is 0 Å². The Bertz CT molecular complexity index is 1000. The molecule has 0 unspecified atom stereocenters. The maximum atomic E-state index is 12.8. The van der Waals surface area contributed by atoms with Gasteiger partial charge in [-0.25, -0.2) is 0 Å². The Morgan fingerprint density at radius 2 is 0.597 bits per heavy atom. The molecule has 0 rings (SSSR count). The van der Waals surface area contributed by atoms with E-state index in [-0.39, 0.29) is 31.1 Å². The molecule has 0 aromatic heterocycles. The summed E-state index contributed by atoms with van der Waals surface area (Å²) in [5.41, 5.74) is 0. The van der Waals surface area contributed by atoms with Crippen LogP contribution in [0.25, 0.3) is 0 Å². The topological polar surface area (TPSA) is 78.9 Å². The van der Waals surface area contributed by atoms with Crippen molar-refractivity contribution in [2.24, 2.45) is 0 Å². The van der Waals surface area contributed by atoms with Crippen LogP contribution in [0.3, 0.4) is 0 Å². The highest BCUT2D eigenvalue weighted by atomic mass is 16.6. The summed E-state index contributed by atoms with van der Waals surface area (Å²) in [6.45, 7) is 6.63. The summed E-state index contributed by atoms with van der Waals surface area (Å²) in [6.07, 6.45) is 58.7. The first-order chi connectivity index (χ1) is 30.5. The standard InChI is InChI=1S/C56H104O6/c1-4-7-10-13-16-19-22-25-27-29-32-35-38-41-44-47-50-56(59)62-53(51-60-54(57)48-45-42-39-36-33-30-24-21-18-15-12-9-6-3)52-61-55(58)49-46-43-40-37-34-31-28-26-23-20-17-14-11-8-5-2/h14,17,23,26,53H,4-13,15-16,18-22,24-25,27-52H2,1-3H3/b17-14-,26-23-/t53-/m1/s1. The van der Waals surface area contributed by atoms with Crippen molar-refractivity contribution in [2.45, 2.75) is 303 Å². The monoisotopic (exact) mass is 873 g/mol. The van der Waals surface area contributed by atoms with Crippen LogP contribution in [0.5, 0.6) is 0 Å². The second-order valence-corrected chi connectivity index (χ2v) is 18.5. The molecule has 0 saturated heterocycles. The average molecular weight is 873 g/mol. The third kappa shape index (κ3) is 48.9. The quantitative estimate of drug-likeness (QED) is 0.0262. The first kappa shape index (κ1) is 59.9.